The maximum Gasteiger partial charge on any atom is 0.162 e. The largest absolute Gasteiger partial charge is 0.327 e. The molecule has 2 nitrogen and oxygen atoms in total. The van der Waals surface area contributed by atoms with Crippen LogP contribution in [0.5, 0.6) is 0 Å². The SMILES string of the molecule is Cc1nc(CC(N)Cc2cccc(F)c2F)cs1. The number of halogens is 2. The topological polar surface area (TPSA) is 38.9 Å². The van der Waals surface area contributed by atoms with Gasteiger partial charge in [-0.2, -0.15) is 0 Å². The molecular weight excluding hydrogens is 254 g/mol. The lowest BCUT2D eigenvalue weighted by Crippen LogP contribution is -2.26. The van der Waals surface area contributed by atoms with Crippen molar-refractivity contribution in [1.29, 1.82) is 0 Å². The van der Waals surface area contributed by atoms with Crippen LogP contribution in [-0.2, 0) is 12.8 Å². The van der Waals surface area contributed by atoms with Crippen LogP contribution in [0.4, 0.5) is 8.78 Å². The number of aryl methyl sites for hydroxylation is 1. The molecule has 1 atom stereocenters. The van der Waals surface area contributed by atoms with Crippen LogP contribution in [-0.4, -0.2) is 11.0 Å². The average Bonchev–Trinajstić information content (AvgIpc) is 2.70. The second-order valence-electron chi connectivity index (χ2n) is 4.24. The van der Waals surface area contributed by atoms with Gasteiger partial charge in [0, 0.05) is 17.8 Å². The average molecular weight is 268 g/mol. The highest BCUT2D eigenvalue weighted by molar-refractivity contribution is 7.09. The number of thiazole rings is 1. The fourth-order valence-electron chi connectivity index (χ4n) is 1.83. The van der Waals surface area contributed by atoms with Gasteiger partial charge in [0.1, 0.15) is 0 Å². The Morgan fingerprint density at radius 1 is 1.33 bits per heavy atom. The molecule has 0 aliphatic rings. The number of nitrogens with two attached hydrogens (primary N) is 1. The zero-order valence-corrected chi connectivity index (χ0v) is 10.8. The maximum atomic E-state index is 13.5. The standard InChI is InChI=1S/C13H14F2N2S/c1-8-17-11(7-18-8)6-10(16)5-9-3-2-4-12(14)13(9)15/h2-4,7,10H,5-6,16H2,1H3. The molecule has 2 rings (SSSR count). The van der Waals surface area contributed by atoms with Crippen LogP contribution in [0.2, 0.25) is 0 Å². The van der Waals surface area contributed by atoms with E-state index < -0.39 is 11.6 Å². The summed E-state index contributed by atoms with van der Waals surface area (Å²) in [6, 6.07) is 3.90. The molecule has 2 N–H and O–H groups in total. The highest BCUT2D eigenvalue weighted by Crippen LogP contribution is 2.15. The van der Waals surface area contributed by atoms with Crippen molar-refractivity contribution < 1.29 is 8.78 Å². The third-order valence-electron chi connectivity index (χ3n) is 2.65. The molecule has 0 bridgehead atoms. The Balaban J connectivity index is 2.03. The summed E-state index contributed by atoms with van der Waals surface area (Å²) in [6.45, 7) is 1.92. The minimum atomic E-state index is -0.829. The fraction of sp³-hybridized carbons (Fsp3) is 0.308. The van der Waals surface area contributed by atoms with E-state index in [1.807, 2.05) is 12.3 Å². The Labute approximate surface area is 108 Å². The van der Waals surface area contributed by atoms with Crippen molar-refractivity contribution in [3.05, 3.63) is 51.5 Å². The quantitative estimate of drug-likeness (QED) is 0.926. The fourth-order valence-corrected chi connectivity index (χ4v) is 2.46. The van der Waals surface area contributed by atoms with Crippen LogP contribution in [0, 0.1) is 18.6 Å². The van der Waals surface area contributed by atoms with E-state index in [4.69, 9.17) is 5.73 Å². The van der Waals surface area contributed by atoms with E-state index in [1.54, 1.807) is 17.4 Å². The van der Waals surface area contributed by atoms with Crippen molar-refractivity contribution >= 4 is 11.3 Å². The summed E-state index contributed by atoms with van der Waals surface area (Å²) in [7, 11) is 0. The van der Waals surface area contributed by atoms with E-state index in [2.05, 4.69) is 4.98 Å². The zero-order chi connectivity index (χ0) is 13.1. The molecule has 1 unspecified atom stereocenters. The lowest BCUT2D eigenvalue weighted by atomic mass is 10.0. The Morgan fingerprint density at radius 2 is 2.11 bits per heavy atom. The molecule has 5 heteroatoms. The number of benzene rings is 1. The molecule has 1 heterocycles. The van der Waals surface area contributed by atoms with E-state index >= 15 is 0 Å². The van der Waals surface area contributed by atoms with E-state index in [0.717, 1.165) is 16.8 Å². The van der Waals surface area contributed by atoms with Crippen LogP contribution in [0.15, 0.2) is 23.6 Å². The molecule has 0 spiro atoms. The molecular formula is C13H14F2N2S. The first-order valence-corrected chi connectivity index (χ1v) is 6.53. The number of hydrogen-bond acceptors (Lipinski definition) is 3. The van der Waals surface area contributed by atoms with E-state index in [1.165, 1.54) is 6.07 Å². The number of nitrogens with zero attached hydrogens (tertiary/aromatic N) is 1. The van der Waals surface area contributed by atoms with Gasteiger partial charge in [0.15, 0.2) is 11.6 Å². The van der Waals surface area contributed by atoms with Gasteiger partial charge in [0.25, 0.3) is 0 Å². The lowest BCUT2D eigenvalue weighted by molar-refractivity contribution is 0.492. The molecule has 0 saturated heterocycles. The summed E-state index contributed by atoms with van der Waals surface area (Å²) in [5.74, 6) is -1.63. The smallest absolute Gasteiger partial charge is 0.162 e. The molecule has 2 aromatic rings. The molecule has 1 aromatic carbocycles. The van der Waals surface area contributed by atoms with Gasteiger partial charge < -0.3 is 5.73 Å². The van der Waals surface area contributed by atoms with Crippen molar-refractivity contribution in [3.8, 4) is 0 Å². The van der Waals surface area contributed by atoms with Gasteiger partial charge in [-0.3, -0.25) is 0 Å². The first kappa shape index (κ1) is 13.1. The van der Waals surface area contributed by atoms with Crippen LogP contribution >= 0.6 is 11.3 Å². The molecule has 0 fully saturated rings. The minimum absolute atomic E-state index is 0.261. The van der Waals surface area contributed by atoms with Crippen molar-refractivity contribution in [3.63, 3.8) is 0 Å². The van der Waals surface area contributed by atoms with Gasteiger partial charge in [-0.15, -0.1) is 11.3 Å². The van der Waals surface area contributed by atoms with Crippen molar-refractivity contribution in [2.75, 3.05) is 0 Å². The van der Waals surface area contributed by atoms with Crippen LogP contribution in [0.1, 0.15) is 16.3 Å². The Bertz CT molecular complexity index is 540. The van der Waals surface area contributed by atoms with E-state index in [9.17, 15) is 8.78 Å². The first-order chi connectivity index (χ1) is 8.56. The minimum Gasteiger partial charge on any atom is -0.327 e. The predicted octanol–water partition coefficient (Wildman–Crippen LogP) is 2.84. The normalized spacial score (nSPS) is 12.7. The summed E-state index contributed by atoms with van der Waals surface area (Å²) >= 11 is 1.56. The molecule has 0 saturated carbocycles. The second kappa shape index (κ2) is 5.54. The van der Waals surface area contributed by atoms with Gasteiger partial charge >= 0.3 is 0 Å². The van der Waals surface area contributed by atoms with Gasteiger partial charge in [-0.25, -0.2) is 13.8 Å². The van der Waals surface area contributed by atoms with Gasteiger partial charge in [-0.05, 0) is 25.0 Å². The van der Waals surface area contributed by atoms with Crippen molar-refractivity contribution in [1.82, 2.24) is 4.98 Å². The van der Waals surface area contributed by atoms with Crippen LogP contribution in [0.3, 0.4) is 0 Å². The highest BCUT2D eigenvalue weighted by atomic mass is 32.1. The number of rotatable bonds is 4. The Hall–Kier alpha value is -1.33. The first-order valence-electron chi connectivity index (χ1n) is 5.65. The summed E-state index contributed by atoms with van der Waals surface area (Å²) in [5, 5.41) is 2.92. The molecule has 96 valence electrons. The number of aromatic nitrogens is 1. The summed E-state index contributed by atoms with van der Waals surface area (Å²) in [6.07, 6.45) is 0.875. The maximum absolute atomic E-state index is 13.5. The predicted molar refractivity (Wildman–Crippen MR) is 68.6 cm³/mol. The number of hydrogen-bond donors (Lipinski definition) is 1. The summed E-state index contributed by atoms with van der Waals surface area (Å²) in [5.41, 5.74) is 7.16. The third-order valence-corrected chi connectivity index (χ3v) is 3.47. The molecule has 0 aliphatic heterocycles. The molecule has 18 heavy (non-hydrogen) atoms. The molecule has 0 aliphatic carbocycles. The van der Waals surface area contributed by atoms with Gasteiger partial charge in [-0.1, -0.05) is 12.1 Å². The molecule has 0 amide bonds. The third kappa shape index (κ3) is 3.11. The van der Waals surface area contributed by atoms with Crippen molar-refractivity contribution in [2.24, 2.45) is 5.73 Å². The summed E-state index contributed by atoms with van der Waals surface area (Å²) in [4.78, 5) is 4.30. The van der Waals surface area contributed by atoms with Gasteiger partial charge in [0.2, 0.25) is 0 Å². The monoisotopic (exact) mass is 268 g/mol. The van der Waals surface area contributed by atoms with Crippen molar-refractivity contribution in [2.45, 2.75) is 25.8 Å². The summed E-state index contributed by atoms with van der Waals surface area (Å²) < 4.78 is 26.5. The Kier molecular flexibility index (Phi) is 4.04. The van der Waals surface area contributed by atoms with E-state index in [-0.39, 0.29) is 6.04 Å². The highest BCUT2D eigenvalue weighted by Gasteiger charge is 2.13. The lowest BCUT2D eigenvalue weighted by Gasteiger charge is -2.11. The van der Waals surface area contributed by atoms with Crippen LogP contribution < -0.4 is 5.73 Å². The molecule has 0 radical (unpaired) electrons. The van der Waals surface area contributed by atoms with Gasteiger partial charge in [0.05, 0.1) is 10.7 Å². The molecule has 1 aromatic heterocycles. The second-order valence-corrected chi connectivity index (χ2v) is 5.30. The Morgan fingerprint density at radius 3 is 2.78 bits per heavy atom. The van der Waals surface area contributed by atoms with E-state index in [0.29, 0.717) is 18.4 Å². The zero-order valence-electron chi connectivity index (χ0n) is 9.99. The van der Waals surface area contributed by atoms with Crippen LogP contribution in [0.25, 0.3) is 0 Å².